The van der Waals surface area contributed by atoms with E-state index in [0.717, 1.165) is 0 Å². The van der Waals surface area contributed by atoms with Crippen molar-refractivity contribution in [2.75, 3.05) is 17.9 Å². The molecule has 0 radical (unpaired) electrons. The summed E-state index contributed by atoms with van der Waals surface area (Å²) in [5.41, 5.74) is 5.53. The number of nitrogens with two attached hydrogens (primary N) is 1. The minimum atomic E-state index is -0.417. The molecule has 0 bridgehead atoms. The van der Waals surface area contributed by atoms with Crippen molar-refractivity contribution in [3.05, 3.63) is 28.9 Å². The van der Waals surface area contributed by atoms with Crippen LogP contribution in [0.4, 0.5) is 11.5 Å². The fourth-order valence-corrected chi connectivity index (χ4v) is 1.58. The number of nitrogen functional groups attached to an aromatic ring is 1. The molecule has 0 amide bonds. The summed E-state index contributed by atoms with van der Waals surface area (Å²) in [7, 11) is 1.43. The van der Waals surface area contributed by atoms with E-state index in [1.807, 2.05) is 0 Å². The van der Waals surface area contributed by atoms with Crippen LogP contribution in [0.2, 0.25) is 5.02 Å². The maximum atomic E-state index is 10.0. The molecule has 0 aliphatic heterocycles. The van der Waals surface area contributed by atoms with E-state index in [1.54, 1.807) is 12.1 Å². The molecule has 2 rings (SSSR count). The van der Waals surface area contributed by atoms with Crippen LogP contribution in [0.3, 0.4) is 0 Å². The van der Waals surface area contributed by atoms with E-state index in [0.29, 0.717) is 15.8 Å². The number of nitrogens with zero attached hydrogens (tertiary/aromatic N) is 3. The predicted octanol–water partition coefficient (Wildman–Crippen LogP) is 1.53. The Bertz CT molecular complexity index is 615. The Morgan fingerprint density at radius 2 is 2.26 bits per heavy atom. The van der Waals surface area contributed by atoms with Gasteiger partial charge >= 0.3 is 0 Å². The highest BCUT2D eigenvalue weighted by atomic mass is 35.5. The number of anilines is 2. The number of methoxy groups -OCH3 is 1. The van der Waals surface area contributed by atoms with Gasteiger partial charge in [-0.25, -0.2) is 9.69 Å². The summed E-state index contributed by atoms with van der Waals surface area (Å²) in [6, 6.07) is 4.57. The van der Waals surface area contributed by atoms with Gasteiger partial charge in [0.1, 0.15) is 11.4 Å². The smallest absolute Gasteiger partial charge is 0.199 e. The number of amidine groups is 1. The number of hydroxylamine groups is 1. The Hall–Kier alpha value is -2.32. The van der Waals surface area contributed by atoms with Crippen molar-refractivity contribution >= 4 is 28.9 Å². The number of benzene rings is 1. The van der Waals surface area contributed by atoms with Crippen molar-refractivity contribution in [1.82, 2.24) is 10.3 Å². The van der Waals surface area contributed by atoms with E-state index in [4.69, 9.17) is 27.5 Å². The number of nitrogens with one attached hydrogen (secondary N) is 1. The highest BCUT2D eigenvalue weighted by Gasteiger charge is 2.22. The van der Waals surface area contributed by atoms with E-state index in [1.165, 1.54) is 13.2 Å². The summed E-state index contributed by atoms with van der Waals surface area (Å²) in [5, 5.41) is 25.5. The lowest BCUT2D eigenvalue weighted by atomic mass is 10.2. The zero-order chi connectivity index (χ0) is 14.0. The fraction of sp³-hybridized carbons (Fsp3) is 0.100. The number of halogens is 1. The Morgan fingerprint density at radius 1 is 1.53 bits per heavy atom. The van der Waals surface area contributed by atoms with Crippen LogP contribution in [0.5, 0.6) is 5.75 Å². The molecule has 0 spiro atoms. The summed E-state index contributed by atoms with van der Waals surface area (Å²) in [4.78, 5) is 0. The van der Waals surface area contributed by atoms with Crippen LogP contribution in [0.15, 0.2) is 22.8 Å². The molecule has 0 atom stereocenters. The largest absolute Gasteiger partial charge is 0.494 e. The summed E-state index contributed by atoms with van der Waals surface area (Å²) in [6.07, 6.45) is 0. The lowest BCUT2D eigenvalue weighted by Gasteiger charge is -2.18. The monoisotopic (exact) mass is 283 g/mol. The molecule has 4 N–H and O–H groups in total. The first-order valence-corrected chi connectivity index (χ1v) is 5.42. The molecule has 19 heavy (non-hydrogen) atoms. The molecule has 8 nitrogen and oxygen atoms in total. The topological polar surface area (TPSA) is 121 Å². The first kappa shape index (κ1) is 13.1. The number of hydrogen-bond acceptors (Lipinski definition) is 7. The van der Waals surface area contributed by atoms with Crippen LogP contribution >= 0.6 is 11.6 Å². The molecule has 0 fully saturated rings. The zero-order valence-electron chi connectivity index (χ0n) is 9.79. The lowest BCUT2D eigenvalue weighted by molar-refractivity contribution is 0.297. The number of ether oxygens (including phenoxy) is 1. The van der Waals surface area contributed by atoms with Gasteiger partial charge in [-0.3, -0.25) is 10.6 Å². The first-order valence-electron chi connectivity index (χ1n) is 5.04. The summed E-state index contributed by atoms with van der Waals surface area (Å²) in [5.74, 6) is -0.198. The van der Waals surface area contributed by atoms with Gasteiger partial charge in [0.05, 0.1) is 7.11 Å². The second-order valence-electron chi connectivity index (χ2n) is 3.47. The van der Waals surface area contributed by atoms with Gasteiger partial charge in [0.2, 0.25) is 0 Å². The molecule has 0 aliphatic carbocycles. The van der Waals surface area contributed by atoms with Crippen molar-refractivity contribution in [1.29, 1.82) is 5.41 Å². The molecule has 2 aromatic rings. The molecular weight excluding hydrogens is 274 g/mol. The second kappa shape index (κ2) is 5.12. The lowest BCUT2D eigenvalue weighted by Crippen LogP contribution is -2.28. The maximum absolute atomic E-state index is 10.0. The molecule has 1 heterocycles. The molecule has 0 unspecified atom stereocenters. The van der Waals surface area contributed by atoms with Gasteiger partial charge in [0.25, 0.3) is 0 Å². The molecule has 0 aliphatic rings. The average Bonchev–Trinajstić information content (AvgIpc) is 2.83. The van der Waals surface area contributed by atoms with Crippen LogP contribution in [-0.4, -0.2) is 28.5 Å². The molecular formula is C10H10ClN5O3. The van der Waals surface area contributed by atoms with Crippen LogP contribution < -0.4 is 15.5 Å². The number of aromatic nitrogens is 2. The van der Waals surface area contributed by atoms with Crippen LogP contribution in [0.25, 0.3) is 0 Å². The highest BCUT2D eigenvalue weighted by molar-refractivity contribution is 6.31. The van der Waals surface area contributed by atoms with Crippen molar-refractivity contribution < 1.29 is 14.6 Å². The summed E-state index contributed by atoms with van der Waals surface area (Å²) < 4.78 is 9.44. The van der Waals surface area contributed by atoms with E-state index in [-0.39, 0.29) is 17.2 Å². The van der Waals surface area contributed by atoms with E-state index in [9.17, 15) is 5.21 Å². The van der Waals surface area contributed by atoms with Gasteiger partial charge in [-0.1, -0.05) is 11.6 Å². The van der Waals surface area contributed by atoms with Crippen LogP contribution in [-0.2, 0) is 0 Å². The molecule has 9 heteroatoms. The Balaban J connectivity index is 2.39. The maximum Gasteiger partial charge on any atom is 0.199 e. The SMILES string of the molecule is COc1ccc(Cl)cc1N(O)C(=N)c1nonc1N. The minimum absolute atomic E-state index is 0.0930. The molecule has 1 aromatic heterocycles. The van der Waals surface area contributed by atoms with E-state index >= 15 is 0 Å². The second-order valence-corrected chi connectivity index (χ2v) is 3.91. The highest BCUT2D eigenvalue weighted by Crippen LogP contribution is 2.31. The normalized spacial score (nSPS) is 10.3. The zero-order valence-corrected chi connectivity index (χ0v) is 10.5. The Labute approximate surface area is 112 Å². The van der Waals surface area contributed by atoms with Gasteiger partial charge in [0.15, 0.2) is 17.3 Å². The minimum Gasteiger partial charge on any atom is -0.494 e. The molecule has 0 saturated carbocycles. The molecule has 1 aromatic carbocycles. The first-order chi connectivity index (χ1) is 9.04. The third-order valence-electron chi connectivity index (χ3n) is 2.32. The Morgan fingerprint density at radius 3 is 2.84 bits per heavy atom. The fourth-order valence-electron chi connectivity index (χ4n) is 1.41. The van der Waals surface area contributed by atoms with E-state index < -0.39 is 5.84 Å². The van der Waals surface area contributed by atoms with E-state index in [2.05, 4.69) is 14.9 Å². The number of hydrogen-bond donors (Lipinski definition) is 3. The van der Waals surface area contributed by atoms with Gasteiger partial charge in [-0.05, 0) is 28.5 Å². The van der Waals surface area contributed by atoms with Gasteiger partial charge in [-0.15, -0.1) is 0 Å². The molecule has 0 saturated heterocycles. The van der Waals surface area contributed by atoms with Gasteiger partial charge in [-0.2, -0.15) is 0 Å². The predicted molar refractivity (Wildman–Crippen MR) is 67.8 cm³/mol. The summed E-state index contributed by atoms with van der Waals surface area (Å²) in [6.45, 7) is 0. The third kappa shape index (κ3) is 2.44. The quantitative estimate of drug-likeness (QED) is 0.443. The number of rotatable bonds is 3. The average molecular weight is 284 g/mol. The van der Waals surface area contributed by atoms with Crippen molar-refractivity contribution in [2.24, 2.45) is 0 Å². The standard InChI is InChI=1S/C10H10ClN5O3/c1-18-7-3-2-5(11)4-6(7)16(17)10(13)8-9(12)15-19-14-8/h2-4,13,17H,1H3,(H2,12,15). The van der Waals surface area contributed by atoms with Crippen LogP contribution in [0.1, 0.15) is 5.69 Å². The third-order valence-corrected chi connectivity index (χ3v) is 2.55. The Kier molecular flexibility index (Phi) is 3.54. The van der Waals surface area contributed by atoms with Gasteiger partial charge in [0, 0.05) is 5.02 Å². The van der Waals surface area contributed by atoms with Crippen molar-refractivity contribution in [3.8, 4) is 5.75 Å². The van der Waals surface area contributed by atoms with Crippen molar-refractivity contribution in [2.45, 2.75) is 0 Å². The van der Waals surface area contributed by atoms with Crippen LogP contribution in [0, 0.1) is 5.41 Å². The van der Waals surface area contributed by atoms with Gasteiger partial charge < -0.3 is 10.5 Å². The van der Waals surface area contributed by atoms with Crippen molar-refractivity contribution in [3.63, 3.8) is 0 Å². The molecule has 100 valence electrons. The summed E-state index contributed by atoms with van der Waals surface area (Å²) >= 11 is 5.84.